The Labute approximate surface area is 558 Å². The topological polar surface area (TPSA) is 154 Å². The highest BCUT2D eigenvalue weighted by Gasteiger charge is 3.08. The molecule has 9 heterocycles. The first-order valence-electron chi connectivity index (χ1n) is 33.4. The maximum absolute atomic E-state index is 9.21. The maximum atomic E-state index is 9.21. The fraction of sp³-hybridized carbons (Fsp3) is 0.294. The fourth-order valence-electron chi connectivity index (χ4n) is 16.9. The number of hydrogen-bond donors (Lipinski definition) is 0. The summed E-state index contributed by atoms with van der Waals surface area (Å²) in [7, 11) is -47.8. The first-order chi connectivity index (χ1) is 45.8. The fourth-order valence-corrected chi connectivity index (χ4v) is 82.0. The standard InChI is InChI=1S/C68H72O16Si10/c1-85(49-47-53-43-45-63-65(51-53)69-63)75-89(57-31-15-5-16-32-57)71-67-73-91(81-89,59-35-19-7-20-36-59)84-94(62-41-25-10-26-42-62)78-86(2,50-48-54-44-46-64-66(52-54)70-64)76-90(58-33-17-6-18-34-58)72-68(88(67,80-94)56-29-13-4-14-30-56)74-92(82-90,60-37-21-8-22-38-60)83-93(77-85,61-39-23-9-24-40-61)79-87(67,68)55-27-11-3-12-28-55/h3-42,53-54,63-66H,43-52H2,1-2H3. The Hall–Kier alpha value is -4.71. The second-order valence-electron chi connectivity index (χ2n) is 27.4. The third kappa shape index (κ3) is 8.96. The monoisotopic (exact) mass is 1420 g/mol. The number of fused-ring (bicyclic) bond motifs is 8. The molecular weight excluding hydrogens is 1350 g/mol. The lowest BCUT2D eigenvalue weighted by Crippen LogP contribution is -3.14. The van der Waals surface area contributed by atoms with Crippen LogP contribution in [0.25, 0.3) is 0 Å². The Balaban J connectivity index is 1.01. The molecule has 2 spiro atoms. The van der Waals surface area contributed by atoms with E-state index in [0.717, 1.165) is 51.4 Å². The van der Waals surface area contributed by atoms with Gasteiger partial charge in [-0.15, -0.1) is 0 Å². The van der Waals surface area contributed by atoms with E-state index in [1.807, 2.05) is 146 Å². The van der Waals surface area contributed by atoms with Gasteiger partial charge in [0.2, 0.25) is 10.1 Å². The Morgan fingerprint density at radius 2 is 0.521 bits per heavy atom. The summed E-state index contributed by atoms with van der Waals surface area (Å²) in [5.41, 5.74) is 0. The minimum atomic E-state index is -5.12. The third-order valence-electron chi connectivity index (χ3n) is 21.4. The highest BCUT2D eigenvalue weighted by molar-refractivity contribution is 7.30. The van der Waals surface area contributed by atoms with Gasteiger partial charge in [-0.3, -0.25) is 0 Å². The summed E-state index contributed by atoms with van der Waals surface area (Å²) in [6.45, 7) is 4.33. The molecular formula is C68H72O16Si10. The van der Waals surface area contributed by atoms with Gasteiger partial charge in [-0.05, 0) is 98.8 Å². The van der Waals surface area contributed by atoms with E-state index in [4.69, 9.17) is 60.1 Å². The third-order valence-corrected chi connectivity index (χ3v) is 69.3. The van der Waals surface area contributed by atoms with E-state index in [1.54, 1.807) is 0 Å². The average Bonchev–Trinajstić information content (AvgIpc) is 1.08. The molecule has 0 aromatic heterocycles. The van der Waals surface area contributed by atoms with Gasteiger partial charge in [-0.25, -0.2) is 0 Å². The van der Waals surface area contributed by atoms with Crippen molar-refractivity contribution in [2.24, 2.45) is 11.8 Å². The van der Waals surface area contributed by atoms with E-state index in [1.165, 1.54) is 0 Å². The van der Waals surface area contributed by atoms with Crippen molar-refractivity contribution in [2.45, 2.75) is 111 Å². The van der Waals surface area contributed by atoms with Crippen LogP contribution in [0.1, 0.15) is 51.4 Å². The molecule has 10 bridgehead atoms. The first kappa shape index (κ1) is 60.5. The van der Waals surface area contributed by atoms with Crippen molar-refractivity contribution in [1.82, 2.24) is 0 Å². The Morgan fingerprint density at radius 1 is 0.277 bits per heavy atom. The van der Waals surface area contributed by atoms with Crippen LogP contribution in [0.3, 0.4) is 0 Å². The summed E-state index contributed by atoms with van der Waals surface area (Å²) in [6.07, 6.45) is 8.56. The first-order valence-corrected chi connectivity index (χ1v) is 52.6. The second kappa shape index (κ2) is 21.9. The molecule has 2 saturated carbocycles. The molecule has 2 aliphatic carbocycles. The largest absolute Gasteiger partial charge is 0.524 e. The quantitative estimate of drug-likeness (QED) is 0.0837. The van der Waals surface area contributed by atoms with Crippen molar-refractivity contribution < 1.29 is 68.3 Å². The van der Waals surface area contributed by atoms with Crippen molar-refractivity contribution in [3.8, 4) is 0 Å². The SMILES string of the molecule is C[Si]1(CCC2CCC3OC3C2)O[Si]2(c3ccccc3)OC34O[Si](c5ccccc5)(O2)O[Si]2(c5ccccc5)O[Si](C)(CCC5CCC6OC6C5)O[Si]5(c6ccccc6)OC6(O[Si](c7ccccc7)(O5)O[Si](c5ccccc5)(O1)O[Si]63c1ccccc1)[Si]4(c1ccccc1)O2. The van der Waals surface area contributed by atoms with Crippen molar-refractivity contribution in [2.75, 3.05) is 0 Å². The van der Waals surface area contributed by atoms with Gasteiger partial charge in [0.15, 0.2) is 0 Å². The molecule has 94 heavy (non-hydrogen) atoms. The van der Waals surface area contributed by atoms with Crippen LogP contribution in [0.4, 0.5) is 0 Å². The van der Waals surface area contributed by atoms with Crippen LogP contribution in [-0.4, -0.2) is 121 Å². The van der Waals surface area contributed by atoms with Crippen LogP contribution in [-0.2, 0) is 68.3 Å². The van der Waals surface area contributed by atoms with E-state index in [-0.39, 0.29) is 12.2 Å². The van der Waals surface area contributed by atoms with Crippen LogP contribution >= 0.6 is 0 Å². The number of benzene rings is 8. The van der Waals surface area contributed by atoms with Crippen LogP contribution in [0.2, 0.25) is 25.2 Å². The van der Waals surface area contributed by atoms with Crippen LogP contribution < -0.4 is 41.5 Å². The number of ether oxygens (including phenoxy) is 2. The molecule has 14 atom stereocenters. The van der Waals surface area contributed by atoms with E-state index in [0.29, 0.717) is 77.6 Å². The van der Waals surface area contributed by atoms with Crippen molar-refractivity contribution in [1.29, 1.82) is 0 Å². The molecule has 14 unspecified atom stereocenters. The summed E-state index contributed by atoms with van der Waals surface area (Å²) in [6, 6.07) is 82.9. The number of epoxide rings is 2. The summed E-state index contributed by atoms with van der Waals surface area (Å²) in [5, 5.41) is 1.24. The molecule has 8 aromatic carbocycles. The van der Waals surface area contributed by atoms with Gasteiger partial charge in [-0.2, -0.15) is 0 Å². The molecule has 11 fully saturated rings. The van der Waals surface area contributed by atoms with Gasteiger partial charge in [0, 0.05) is 31.1 Å². The zero-order valence-electron chi connectivity index (χ0n) is 52.2. The number of rotatable bonds is 14. The minimum Gasteiger partial charge on any atom is -0.401 e. The lowest BCUT2D eigenvalue weighted by Gasteiger charge is -2.76. The summed E-state index contributed by atoms with van der Waals surface area (Å²) in [4.78, 5) is 0. The maximum Gasteiger partial charge on any atom is 0.524 e. The molecule has 9 saturated heterocycles. The molecule has 19 rings (SSSR count). The van der Waals surface area contributed by atoms with Crippen molar-refractivity contribution >= 4 is 128 Å². The predicted octanol–water partition coefficient (Wildman–Crippen LogP) is 6.70. The Morgan fingerprint density at radius 3 is 0.809 bits per heavy atom. The summed E-state index contributed by atoms with van der Waals surface area (Å²) in [5.74, 6) is 0.633. The van der Waals surface area contributed by atoms with Gasteiger partial charge in [-0.1, -0.05) is 243 Å². The molecule has 16 nitrogen and oxygen atoms in total. The van der Waals surface area contributed by atoms with Gasteiger partial charge in [0.05, 0.1) is 24.4 Å². The molecule has 0 amide bonds. The minimum absolute atomic E-state index is 0.241. The summed E-state index contributed by atoms with van der Waals surface area (Å²) >= 11 is 0. The van der Waals surface area contributed by atoms with Gasteiger partial charge in [0.25, 0.3) is 0 Å². The van der Waals surface area contributed by atoms with Gasteiger partial charge in [0.1, 0.15) is 0 Å². The van der Waals surface area contributed by atoms with E-state index >= 15 is 0 Å². The Bertz CT molecular complexity index is 3880. The van der Waals surface area contributed by atoms with Gasteiger partial charge < -0.3 is 68.3 Å². The molecule has 480 valence electrons. The smallest absolute Gasteiger partial charge is 0.401 e. The highest BCUT2D eigenvalue weighted by Crippen LogP contribution is 2.70. The molecule has 0 radical (unpaired) electrons. The normalized spacial score (nSPS) is 42.5. The average molecular weight is 1430 g/mol. The van der Waals surface area contributed by atoms with Crippen LogP contribution in [0.5, 0.6) is 0 Å². The zero-order chi connectivity index (χ0) is 62.8. The predicted molar refractivity (Wildman–Crippen MR) is 369 cm³/mol. The van der Waals surface area contributed by atoms with Crippen molar-refractivity contribution in [3.63, 3.8) is 0 Å². The number of hydrogen-bond acceptors (Lipinski definition) is 16. The zero-order valence-corrected chi connectivity index (χ0v) is 62.2. The van der Waals surface area contributed by atoms with Crippen LogP contribution in [0.15, 0.2) is 243 Å². The molecule has 26 heteroatoms. The Kier molecular flexibility index (Phi) is 14.1. The van der Waals surface area contributed by atoms with E-state index in [9.17, 15) is 8.23 Å². The molecule has 11 aliphatic rings. The lowest BCUT2D eigenvalue weighted by molar-refractivity contribution is -0.179. The van der Waals surface area contributed by atoms with Crippen LogP contribution in [0, 0.1) is 11.8 Å². The second-order valence-corrected chi connectivity index (χ2v) is 59.6. The van der Waals surface area contributed by atoms with Crippen molar-refractivity contribution in [3.05, 3.63) is 243 Å². The van der Waals surface area contributed by atoms with Gasteiger partial charge >= 0.3 is 86.6 Å². The molecule has 9 aliphatic heterocycles. The lowest BCUT2D eigenvalue weighted by atomic mass is 9.88. The summed E-state index contributed by atoms with van der Waals surface area (Å²) < 4.78 is 136. The molecule has 8 aromatic rings. The molecule has 0 N–H and O–H groups in total. The van der Waals surface area contributed by atoms with E-state index < -0.39 is 96.7 Å². The highest BCUT2D eigenvalue weighted by atomic mass is 28.6. The van der Waals surface area contributed by atoms with E-state index in [2.05, 4.69) is 110 Å².